The van der Waals surface area contributed by atoms with E-state index in [0.29, 0.717) is 4.68 Å². The molecule has 4 aliphatic rings. The summed E-state index contributed by atoms with van der Waals surface area (Å²) in [6, 6.07) is 6.18. The lowest BCUT2D eigenvalue weighted by Crippen LogP contribution is -2.46. The Bertz CT molecular complexity index is 2710. The minimum atomic E-state index is -2.18. The number of H-pyrrole nitrogens is 1. The number of fused-ring (bicyclic) bond motifs is 15. The Morgan fingerprint density at radius 3 is 2.30 bits per heavy atom. The lowest BCUT2D eigenvalue weighted by Gasteiger charge is -2.38. The molecule has 5 bridgehead atoms. The summed E-state index contributed by atoms with van der Waals surface area (Å²) in [6.07, 6.45) is 3.82. The van der Waals surface area contributed by atoms with E-state index >= 15 is 0 Å². The van der Waals surface area contributed by atoms with Gasteiger partial charge in [-0.2, -0.15) is 4.68 Å². The van der Waals surface area contributed by atoms with Gasteiger partial charge >= 0.3 is 17.4 Å². The highest BCUT2D eigenvalue weighted by Gasteiger charge is 2.52. The monoisotopic (exact) mass is 884 g/mol. The quantitative estimate of drug-likeness (QED) is 0.145. The maximum absolute atomic E-state index is 14.8. The molecule has 3 aliphatic heterocycles. The van der Waals surface area contributed by atoms with Crippen LogP contribution in [-0.4, -0.2) is 90.8 Å². The standard InChI is InChI=1S/C46H52N4O14/c1-20-13-12-14-21(2)43(58)49-34-28(19-47-50-44(59)27-15-10-11-16-29(27)48-45(50)60)38(55)31-32(39(34)56)37(54)25(6)41-33(31)42(57)46(8,64-41)62-18-17-30(61-9)22(3)40(63-26(7)51)24(5)36(53)23(4)35(20)52/h10-20,22-24,30,35-36,40,47,52-54,56H,1-9H3,(H,48,60)(H,49,58). The second-order valence-electron chi connectivity index (χ2n) is 16.5. The Labute approximate surface area is 367 Å². The smallest absolute Gasteiger partial charge is 0.348 e. The molecule has 0 saturated heterocycles. The molecule has 18 heteroatoms. The zero-order valence-corrected chi connectivity index (χ0v) is 36.7. The molecule has 0 saturated carbocycles. The first-order chi connectivity index (χ1) is 30.1. The number of nitrogens with zero attached hydrogens (tertiary/aromatic N) is 1. The Morgan fingerprint density at radius 1 is 0.938 bits per heavy atom. The van der Waals surface area contributed by atoms with E-state index in [4.69, 9.17) is 18.9 Å². The van der Waals surface area contributed by atoms with Crippen LogP contribution < -0.4 is 26.7 Å². The number of rotatable bonds is 4. The van der Waals surface area contributed by atoms with Gasteiger partial charge in [-0.1, -0.05) is 58.1 Å². The van der Waals surface area contributed by atoms with Gasteiger partial charge in [0.2, 0.25) is 0 Å². The fourth-order valence-corrected chi connectivity index (χ4v) is 8.28. The maximum Gasteiger partial charge on any atom is 0.348 e. The number of benzene rings is 2. The molecule has 7 N–H and O–H groups in total. The van der Waals surface area contributed by atoms with E-state index in [1.165, 1.54) is 65.2 Å². The highest BCUT2D eigenvalue weighted by atomic mass is 16.7. The summed E-state index contributed by atoms with van der Waals surface area (Å²) in [6.45, 7) is 12.0. The van der Waals surface area contributed by atoms with Gasteiger partial charge in [-0.15, -0.1) is 0 Å². The van der Waals surface area contributed by atoms with Crippen LogP contribution in [-0.2, 0) is 23.8 Å². The number of esters is 1. The van der Waals surface area contributed by atoms with Crippen LogP contribution in [0.1, 0.15) is 80.3 Å². The summed E-state index contributed by atoms with van der Waals surface area (Å²) in [5, 5.41) is 49.1. The molecular weight excluding hydrogens is 833 g/mol. The van der Waals surface area contributed by atoms with Crippen LogP contribution in [0.2, 0.25) is 0 Å². The Balaban J connectivity index is 1.53. The summed E-state index contributed by atoms with van der Waals surface area (Å²) in [4.78, 5) is 84.6. The number of phenolic OH excluding ortho intramolecular Hbond substituents is 1. The van der Waals surface area contributed by atoms with Crippen molar-refractivity contribution in [2.45, 2.75) is 85.6 Å². The molecule has 0 radical (unpaired) electrons. The number of aliphatic hydroxyl groups excluding tert-OH is 3. The molecule has 1 aromatic heterocycles. The van der Waals surface area contributed by atoms with E-state index in [-0.39, 0.29) is 33.4 Å². The van der Waals surface area contributed by atoms with E-state index in [1.54, 1.807) is 45.9 Å². The largest absolute Gasteiger partial charge is 0.507 e. The number of aromatic amines is 1. The van der Waals surface area contributed by atoms with E-state index in [0.717, 1.165) is 12.5 Å². The van der Waals surface area contributed by atoms with Crippen molar-refractivity contribution in [3.63, 3.8) is 0 Å². The predicted molar refractivity (Wildman–Crippen MR) is 233 cm³/mol. The third-order valence-corrected chi connectivity index (χ3v) is 12.2. The van der Waals surface area contributed by atoms with Crippen molar-refractivity contribution in [2.75, 3.05) is 12.5 Å². The van der Waals surface area contributed by atoms with Gasteiger partial charge in [-0.25, -0.2) is 4.79 Å². The number of allylic oxidation sites excluding steroid dienone is 3. The van der Waals surface area contributed by atoms with Crippen molar-refractivity contribution in [3.8, 4) is 11.5 Å². The molecule has 7 rings (SSSR count). The van der Waals surface area contributed by atoms with E-state index < -0.39 is 122 Å². The zero-order chi connectivity index (χ0) is 47.1. The second kappa shape index (κ2) is 18.1. The van der Waals surface area contributed by atoms with E-state index in [2.05, 4.69) is 15.7 Å². The number of phenols is 1. The van der Waals surface area contributed by atoms with Crippen molar-refractivity contribution in [2.24, 2.45) is 23.7 Å². The van der Waals surface area contributed by atoms with Gasteiger partial charge in [0.05, 0.1) is 63.4 Å². The number of amides is 1. The number of aromatic hydroxyl groups is 1. The van der Waals surface area contributed by atoms with E-state index in [1.807, 2.05) is 0 Å². The number of aromatic nitrogens is 2. The van der Waals surface area contributed by atoms with Gasteiger partial charge in [-0.3, -0.25) is 29.4 Å². The Hall–Kier alpha value is -6.76. The van der Waals surface area contributed by atoms with Gasteiger partial charge in [0.25, 0.3) is 17.2 Å². The predicted octanol–water partition coefficient (Wildman–Crippen LogP) is 3.92. The summed E-state index contributed by atoms with van der Waals surface area (Å²) in [5.74, 6) is -10.1. The molecule has 9 atom stereocenters. The summed E-state index contributed by atoms with van der Waals surface area (Å²) in [5.41, 5.74) is -1.57. The highest BCUT2D eigenvalue weighted by Crippen LogP contribution is 2.50. The average Bonchev–Trinajstić information content (AvgIpc) is 3.52. The van der Waals surface area contributed by atoms with E-state index in [9.17, 15) is 49.2 Å². The molecule has 1 amide bonds. The highest BCUT2D eigenvalue weighted by molar-refractivity contribution is 6.26. The number of hydrogen-bond donors (Lipinski definition) is 7. The average molecular weight is 885 g/mol. The second-order valence-corrected chi connectivity index (χ2v) is 16.5. The topological polar surface area (TPSA) is 265 Å². The molecule has 3 aromatic rings. The summed E-state index contributed by atoms with van der Waals surface area (Å²) >= 11 is 0. The number of aliphatic hydroxyl groups is 3. The molecule has 0 spiro atoms. The first-order valence-electron chi connectivity index (χ1n) is 20.5. The molecule has 18 nitrogen and oxygen atoms in total. The molecule has 4 heterocycles. The van der Waals surface area contributed by atoms with Crippen LogP contribution in [0.25, 0.3) is 16.7 Å². The van der Waals surface area contributed by atoms with Crippen LogP contribution in [0, 0.1) is 30.6 Å². The van der Waals surface area contributed by atoms with Crippen molar-refractivity contribution in [3.05, 3.63) is 121 Å². The number of Topliss-reactive ketones (excluding diaryl/α,β-unsaturated/α-hetero) is 2. The number of para-hydroxylation sites is 1. The van der Waals surface area contributed by atoms with Crippen LogP contribution in [0.5, 0.6) is 11.5 Å². The summed E-state index contributed by atoms with van der Waals surface area (Å²) < 4.78 is 24.0. The van der Waals surface area contributed by atoms with Crippen molar-refractivity contribution < 1.29 is 58.6 Å². The van der Waals surface area contributed by atoms with Crippen molar-refractivity contribution >= 4 is 40.1 Å². The first-order valence-corrected chi connectivity index (χ1v) is 20.5. The van der Waals surface area contributed by atoms with Crippen LogP contribution >= 0.6 is 0 Å². The SMILES string of the molecule is COC1C=COC2(C)Oc3c(C)c(O)c4c(c3C2=O)C(=O)C(=CNn2c(=O)[nH]c3ccccc3c2=O)C(=C4O)NC(=O)C(C)=CC=CC(C)C(O)C(C)C(O)C(C)C(OC(C)=O)C1C. The molecule has 2 aromatic carbocycles. The van der Waals surface area contributed by atoms with Gasteiger partial charge in [0, 0.05) is 62.0 Å². The molecule has 0 fully saturated rings. The Morgan fingerprint density at radius 2 is 1.62 bits per heavy atom. The minimum absolute atomic E-state index is 0.0342. The molecule has 64 heavy (non-hydrogen) atoms. The zero-order valence-electron chi connectivity index (χ0n) is 36.7. The van der Waals surface area contributed by atoms with Crippen molar-refractivity contribution in [1.82, 2.24) is 15.0 Å². The number of ketones is 2. The fraction of sp³-hybridized carbons (Fsp3) is 0.391. The van der Waals surface area contributed by atoms with Crippen LogP contribution in [0.4, 0.5) is 0 Å². The van der Waals surface area contributed by atoms with Crippen molar-refractivity contribution in [1.29, 1.82) is 0 Å². The van der Waals surface area contributed by atoms with Gasteiger partial charge in [0.1, 0.15) is 17.6 Å². The maximum atomic E-state index is 14.8. The number of ether oxygens (including phenoxy) is 4. The minimum Gasteiger partial charge on any atom is -0.507 e. The number of carbonyl (C=O) groups excluding carboxylic acids is 4. The molecule has 340 valence electrons. The van der Waals surface area contributed by atoms with Crippen LogP contribution in [0.3, 0.4) is 0 Å². The third kappa shape index (κ3) is 8.38. The molecule has 9 unspecified atom stereocenters. The number of methoxy groups -OCH3 is 1. The number of nitrogens with one attached hydrogen (secondary N) is 3. The van der Waals surface area contributed by atoms with Crippen LogP contribution in [0.15, 0.2) is 87.5 Å². The first kappa shape index (κ1) is 46.7. The van der Waals surface area contributed by atoms with Gasteiger partial charge in [-0.05, 0) is 32.1 Å². The lowest BCUT2D eigenvalue weighted by molar-refractivity contribution is -0.160. The fourth-order valence-electron chi connectivity index (χ4n) is 8.28. The third-order valence-electron chi connectivity index (χ3n) is 12.2. The molecule has 1 aliphatic carbocycles. The Kier molecular flexibility index (Phi) is 13.3. The number of hydrogen-bond acceptors (Lipinski definition) is 15. The molecular formula is C46H52N4O14. The number of carbonyl (C=O) groups is 4. The lowest BCUT2D eigenvalue weighted by atomic mass is 9.78. The van der Waals surface area contributed by atoms with Gasteiger partial charge < -0.3 is 49.7 Å². The van der Waals surface area contributed by atoms with Gasteiger partial charge in [0.15, 0.2) is 11.5 Å². The normalized spacial score (nSPS) is 28.5. The summed E-state index contributed by atoms with van der Waals surface area (Å²) in [7, 11) is 1.39.